The van der Waals surface area contributed by atoms with Crippen LogP contribution in [0.1, 0.15) is 32.1 Å². The highest BCUT2D eigenvalue weighted by Crippen LogP contribution is 2.30. The summed E-state index contributed by atoms with van der Waals surface area (Å²) >= 11 is 0. The summed E-state index contributed by atoms with van der Waals surface area (Å²) in [6, 6.07) is 16.5. The van der Waals surface area contributed by atoms with Gasteiger partial charge in [0.2, 0.25) is 5.91 Å². The van der Waals surface area contributed by atoms with Crippen molar-refractivity contribution in [3.8, 4) is 5.75 Å². The van der Waals surface area contributed by atoms with Crippen LogP contribution >= 0.6 is 0 Å². The Balaban J connectivity index is 1.32. The molecular formula is C24H31N3O2. The Bertz CT molecular complexity index is 807. The molecule has 0 unspecified atom stereocenters. The minimum Gasteiger partial charge on any atom is -0.495 e. The summed E-state index contributed by atoms with van der Waals surface area (Å²) in [6.07, 6.45) is 5.68. The first-order valence-electron chi connectivity index (χ1n) is 10.8. The molecule has 0 spiro atoms. The maximum Gasteiger partial charge on any atom is 0.227 e. The Kier molecular flexibility index (Phi) is 6.23. The minimum absolute atomic E-state index is 0.183. The van der Waals surface area contributed by atoms with Crippen LogP contribution in [0.5, 0.6) is 5.75 Å². The topological polar surface area (TPSA) is 44.8 Å². The molecule has 2 aromatic carbocycles. The monoisotopic (exact) mass is 393 g/mol. The molecule has 2 aliphatic rings. The van der Waals surface area contributed by atoms with Gasteiger partial charge in [-0.3, -0.25) is 4.79 Å². The molecule has 1 saturated carbocycles. The van der Waals surface area contributed by atoms with Crippen LogP contribution in [0, 0.1) is 5.92 Å². The van der Waals surface area contributed by atoms with Gasteiger partial charge in [0.1, 0.15) is 5.75 Å². The second kappa shape index (κ2) is 9.21. The molecule has 0 atom stereocenters. The van der Waals surface area contributed by atoms with E-state index in [1.54, 1.807) is 7.11 Å². The number of rotatable bonds is 5. The van der Waals surface area contributed by atoms with Crippen LogP contribution in [-0.4, -0.2) is 39.2 Å². The summed E-state index contributed by atoms with van der Waals surface area (Å²) in [7, 11) is 1.73. The van der Waals surface area contributed by atoms with E-state index in [9.17, 15) is 4.79 Å². The Labute approximate surface area is 173 Å². The van der Waals surface area contributed by atoms with E-state index in [4.69, 9.17) is 4.74 Å². The van der Waals surface area contributed by atoms with E-state index in [0.717, 1.165) is 56.1 Å². The van der Waals surface area contributed by atoms with E-state index in [1.165, 1.54) is 24.9 Å². The predicted molar refractivity (Wildman–Crippen MR) is 119 cm³/mol. The number of para-hydroxylation sites is 2. The lowest BCUT2D eigenvalue weighted by Gasteiger charge is -2.37. The first kappa shape index (κ1) is 19.6. The van der Waals surface area contributed by atoms with Crippen LogP contribution in [0.25, 0.3) is 0 Å². The SMILES string of the molecule is COc1ccccc1N1CCN(c2ccc(NC(=O)C3CCCCC3)cc2)CC1. The molecule has 1 aliphatic carbocycles. The van der Waals surface area contributed by atoms with Crippen molar-refractivity contribution in [1.82, 2.24) is 0 Å². The van der Waals surface area contributed by atoms with Gasteiger partial charge in [-0.05, 0) is 49.2 Å². The third-order valence-corrected chi connectivity index (χ3v) is 6.18. The summed E-state index contributed by atoms with van der Waals surface area (Å²) in [4.78, 5) is 17.2. The number of methoxy groups -OCH3 is 1. The van der Waals surface area contributed by atoms with Crippen molar-refractivity contribution in [3.63, 3.8) is 0 Å². The summed E-state index contributed by atoms with van der Waals surface area (Å²) in [5, 5.41) is 3.10. The largest absolute Gasteiger partial charge is 0.495 e. The fourth-order valence-electron chi connectivity index (χ4n) is 4.46. The van der Waals surface area contributed by atoms with E-state index in [1.807, 2.05) is 24.3 Å². The second-order valence-corrected chi connectivity index (χ2v) is 8.02. The number of piperazine rings is 1. The molecular weight excluding hydrogens is 362 g/mol. The number of nitrogens with one attached hydrogen (secondary N) is 1. The molecule has 1 amide bonds. The summed E-state index contributed by atoms with van der Waals surface area (Å²) in [5.41, 5.74) is 3.27. The highest BCUT2D eigenvalue weighted by Gasteiger charge is 2.22. The number of carbonyl (C=O) groups is 1. The van der Waals surface area contributed by atoms with Gasteiger partial charge in [-0.2, -0.15) is 0 Å². The fraction of sp³-hybridized carbons (Fsp3) is 0.458. The van der Waals surface area contributed by atoms with E-state index in [0.29, 0.717) is 0 Å². The molecule has 1 aliphatic heterocycles. The number of anilines is 3. The zero-order chi connectivity index (χ0) is 20.1. The highest BCUT2D eigenvalue weighted by atomic mass is 16.5. The minimum atomic E-state index is 0.183. The molecule has 2 aromatic rings. The Morgan fingerprint density at radius 1 is 0.897 bits per heavy atom. The number of nitrogens with zero attached hydrogens (tertiary/aromatic N) is 2. The number of hydrogen-bond donors (Lipinski definition) is 1. The molecule has 0 bridgehead atoms. The van der Waals surface area contributed by atoms with Gasteiger partial charge in [-0.25, -0.2) is 0 Å². The van der Waals surface area contributed by atoms with Gasteiger partial charge in [0.25, 0.3) is 0 Å². The van der Waals surface area contributed by atoms with Crippen LogP contribution in [0.2, 0.25) is 0 Å². The molecule has 2 fully saturated rings. The molecule has 1 N–H and O–H groups in total. The van der Waals surface area contributed by atoms with Crippen molar-refractivity contribution in [2.24, 2.45) is 5.92 Å². The Hall–Kier alpha value is -2.69. The van der Waals surface area contributed by atoms with Gasteiger partial charge >= 0.3 is 0 Å². The van der Waals surface area contributed by atoms with Crippen molar-refractivity contribution in [2.75, 3.05) is 48.4 Å². The van der Waals surface area contributed by atoms with E-state index >= 15 is 0 Å². The zero-order valence-corrected chi connectivity index (χ0v) is 17.3. The molecule has 154 valence electrons. The van der Waals surface area contributed by atoms with Gasteiger partial charge < -0.3 is 19.9 Å². The molecule has 5 nitrogen and oxygen atoms in total. The van der Waals surface area contributed by atoms with Crippen molar-refractivity contribution in [3.05, 3.63) is 48.5 Å². The molecule has 0 radical (unpaired) electrons. The van der Waals surface area contributed by atoms with Gasteiger partial charge in [-0.15, -0.1) is 0 Å². The molecule has 1 heterocycles. The third-order valence-electron chi connectivity index (χ3n) is 6.18. The first-order valence-corrected chi connectivity index (χ1v) is 10.8. The zero-order valence-electron chi connectivity index (χ0n) is 17.3. The number of carbonyl (C=O) groups excluding carboxylic acids is 1. The van der Waals surface area contributed by atoms with Crippen LogP contribution < -0.4 is 19.9 Å². The lowest BCUT2D eigenvalue weighted by Crippen LogP contribution is -2.46. The molecule has 0 aromatic heterocycles. The molecule has 5 heteroatoms. The first-order chi connectivity index (χ1) is 14.2. The molecule has 4 rings (SSSR count). The van der Waals surface area contributed by atoms with Gasteiger partial charge in [-0.1, -0.05) is 31.4 Å². The Morgan fingerprint density at radius 3 is 2.24 bits per heavy atom. The van der Waals surface area contributed by atoms with E-state index < -0.39 is 0 Å². The van der Waals surface area contributed by atoms with Gasteiger partial charge in [0, 0.05) is 43.5 Å². The maximum absolute atomic E-state index is 12.4. The van der Waals surface area contributed by atoms with Crippen LogP contribution in [0.4, 0.5) is 17.1 Å². The highest BCUT2D eigenvalue weighted by molar-refractivity contribution is 5.92. The lowest BCUT2D eigenvalue weighted by molar-refractivity contribution is -0.120. The van der Waals surface area contributed by atoms with E-state index in [2.05, 4.69) is 39.4 Å². The lowest BCUT2D eigenvalue weighted by atomic mass is 9.88. The fourth-order valence-corrected chi connectivity index (χ4v) is 4.46. The van der Waals surface area contributed by atoms with Crippen LogP contribution in [0.15, 0.2) is 48.5 Å². The normalized spacial score (nSPS) is 17.8. The van der Waals surface area contributed by atoms with Gasteiger partial charge in [0.15, 0.2) is 0 Å². The third kappa shape index (κ3) is 4.66. The number of ether oxygens (including phenoxy) is 1. The van der Waals surface area contributed by atoms with Crippen molar-refractivity contribution < 1.29 is 9.53 Å². The maximum atomic E-state index is 12.4. The van der Waals surface area contributed by atoms with Crippen LogP contribution in [-0.2, 0) is 4.79 Å². The standard InChI is InChI=1S/C24H31N3O2/c1-29-23-10-6-5-9-22(23)27-17-15-26(16-18-27)21-13-11-20(12-14-21)25-24(28)19-7-3-2-4-8-19/h5-6,9-14,19H,2-4,7-8,15-18H2,1H3,(H,25,28). The number of amides is 1. The van der Waals surface area contributed by atoms with Crippen LogP contribution in [0.3, 0.4) is 0 Å². The van der Waals surface area contributed by atoms with Gasteiger partial charge in [0.05, 0.1) is 12.8 Å². The number of hydrogen-bond acceptors (Lipinski definition) is 4. The smallest absolute Gasteiger partial charge is 0.227 e. The summed E-state index contributed by atoms with van der Waals surface area (Å²) in [6.45, 7) is 3.85. The molecule has 29 heavy (non-hydrogen) atoms. The average molecular weight is 394 g/mol. The van der Waals surface area contributed by atoms with Crippen molar-refractivity contribution in [1.29, 1.82) is 0 Å². The van der Waals surface area contributed by atoms with Crippen molar-refractivity contribution in [2.45, 2.75) is 32.1 Å². The summed E-state index contributed by atoms with van der Waals surface area (Å²) in [5.74, 6) is 1.30. The Morgan fingerprint density at radius 2 is 1.55 bits per heavy atom. The quantitative estimate of drug-likeness (QED) is 0.810. The molecule has 1 saturated heterocycles. The summed E-state index contributed by atoms with van der Waals surface area (Å²) < 4.78 is 5.51. The second-order valence-electron chi connectivity index (χ2n) is 8.02. The number of benzene rings is 2. The predicted octanol–water partition coefficient (Wildman–Crippen LogP) is 4.54. The van der Waals surface area contributed by atoms with Crippen molar-refractivity contribution >= 4 is 23.0 Å². The van der Waals surface area contributed by atoms with E-state index in [-0.39, 0.29) is 11.8 Å². The average Bonchev–Trinajstić information content (AvgIpc) is 2.80.